The Morgan fingerprint density at radius 3 is 2.25 bits per heavy atom. The van der Waals surface area contributed by atoms with E-state index in [4.69, 9.17) is 23.7 Å². The fourth-order valence-electron chi connectivity index (χ4n) is 9.43. The lowest BCUT2D eigenvalue weighted by molar-refractivity contribution is -0.199. The molecule has 0 aromatic heterocycles. The van der Waals surface area contributed by atoms with Gasteiger partial charge in [0, 0.05) is 46.1 Å². The number of ether oxygens (including phenoxy) is 5. The Kier molecular flexibility index (Phi) is 17.5. The summed E-state index contributed by atoms with van der Waals surface area (Å²) in [7, 11) is 4.79. The minimum Gasteiger partial charge on any atom is -0.456 e. The number of nitrogens with zero attached hydrogens (tertiary/aromatic N) is 1. The molecular formula is C44H69NO11. The number of ketones is 2. The molecule has 14 atom stereocenters. The number of cyclic esters (lactones) is 1. The third kappa shape index (κ3) is 11.5. The van der Waals surface area contributed by atoms with Crippen LogP contribution in [0.3, 0.4) is 0 Å². The molecule has 0 aromatic carbocycles. The molecule has 4 aliphatic rings. The number of Topliss-reactive ketones (excluding diaryl/α,β-unsaturated/α-hetero) is 2. The molecule has 0 aromatic rings. The number of hydrogen-bond donors (Lipinski definition) is 2. The quantitative estimate of drug-likeness (QED) is 0.196. The van der Waals surface area contributed by atoms with Crippen LogP contribution in [0.2, 0.25) is 0 Å². The predicted molar refractivity (Wildman–Crippen MR) is 211 cm³/mol. The Bertz CT molecular complexity index is 1430. The van der Waals surface area contributed by atoms with Crippen LogP contribution in [-0.2, 0) is 42.9 Å². The molecule has 0 radical (unpaired) electrons. The third-order valence-electron chi connectivity index (χ3n) is 12.7. The number of esters is 1. The second-order valence-corrected chi connectivity index (χ2v) is 17.1. The van der Waals surface area contributed by atoms with Gasteiger partial charge >= 0.3 is 5.97 Å². The van der Waals surface area contributed by atoms with Gasteiger partial charge in [0.15, 0.2) is 0 Å². The van der Waals surface area contributed by atoms with Crippen LogP contribution in [0.1, 0.15) is 105 Å². The summed E-state index contributed by atoms with van der Waals surface area (Å²) in [5.74, 6) is -3.71. The van der Waals surface area contributed by atoms with Crippen LogP contribution in [0.25, 0.3) is 0 Å². The van der Waals surface area contributed by atoms with Gasteiger partial charge in [-0.2, -0.15) is 0 Å². The minimum atomic E-state index is -1.16. The van der Waals surface area contributed by atoms with Gasteiger partial charge in [0.1, 0.15) is 30.1 Å². The van der Waals surface area contributed by atoms with Crippen LogP contribution in [0, 0.1) is 29.6 Å². The van der Waals surface area contributed by atoms with Gasteiger partial charge in [0.25, 0.3) is 5.91 Å². The van der Waals surface area contributed by atoms with E-state index in [9.17, 15) is 29.4 Å². The normalized spacial score (nSPS) is 40.1. The SMILES string of the molecule is C=CC[C@@H]1/C=C(\C)C[C@H](C)C[C@H](OC)[C@H]2O[C@@H](C(=O)C(=O)N3CCCC[C@H]3C(=O)O[C@H](/C(C)=C/[C@@H]3CC[C@@H](O)[C@H](OC)C3)[C@H](C)[C@@H](O)CC1=O)[C@H](C)C[C@@H]2OC. The summed E-state index contributed by atoms with van der Waals surface area (Å²) >= 11 is 0. The molecule has 4 rings (SSSR count). The molecule has 0 unspecified atom stereocenters. The Morgan fingerprint density at radius 2 is 1.59 bits per heavy atom. The fraction of sp³-hybridized carbons (Fsp3) is 0.773. The zero-order valence-corrected chi connectivity index (χ0v) is 35.0. The number of aliphatic hydroxyl groups is 2. The monoisotopic (exact) mass is 787 g/mol. The van der Waals surface area contributed by atoms with Gasteiger partial charge in [-0.25, -0.2) is 4.79 Å². The number of carbonyl (C=O) groups is 4. The number of fused-ring (bicyclic) bond motifs is 3. The van der Waals surface area contributed by atoms with E-state index in [1.54, 1.807) is 34.3 Å². The predicted octanol–water partition coefficient (Wildman–Crippen LogP) is 5.32. The molecule has 3 fully saturated rings. The third-order valence-corrected chi connectivity index (χ3v) is 12.7. The summed E-state index contributed by atoms with van der Waals surface area (Å²) in [6.45, 7) is 13.7. The molecule has 1 amide bonds. The Hall–Kier alpha value is -2.74. The van der Waals surface area contributed by atoms with Crippen LogP contribution >= 0.6 is 0 Å². The molecular weight excluding hydrogens is 718 g/mol. The molecule has 2 N–H and O–H groups in total. The van der Waals surface area contributed by atoms with E-state index in [-0.39, 0.29) is 48.7 Å². The molecule has 1 aliphatic carbocycles. The average Bonchev–Trinajstić information content (AvgIpc) is 3.18. The first-order chi connectivity index (χ1) is 26.6. The smallest absolute Gasteiger partial charge is 0.329 e. The van der Waals surface area contributed by atoms with E-state index in [2.05, 4.69) is 13.5 Å². The van der Waals surface area contributed by atoms with Crippen molar-refractivity contribution in [3.8, 4) is 0 Å². The number of piperidine rings is 1. The van der Waals surface area contributed by atoms with E-state index < -0.39 is 72.2 Å². The fourth-order valence-corrected chi connectivity index (χ4v) is 9.43. The van der Waals surface area contributed by atoms with E-state index in [1.165, 1.54) is 4.90 Å². The number of carbonyl (C=O) groups excluding carboxylic acids is 4. The summed E-state index contributed by atoms with van der Waals surface area (Å²) < 4.78 is 30.2. The standard InChI is InChI=1S/C44H69NO11/c1-10-13-31-19-25(2)18-26(3)20-37(53-8)42-38(54-9)22-28(5)41(55-42)39(49)43(50)45-17-12-11-14-32(45)44(51)56-40(29(6)34(47)24-35(31)48)27(4)21-30-15-16-33(46)36(23-30)52-7/h10,19,21,26,28-34,36-38,40-42,46-47H,1,11-18,20,22-24H2,2-9H3/b25-19+,27-21+/t26-,28+,29+,30-,31+,32-,33+,34-,36+,37-,38-,40+,41+,42+/m0/s1. The van der Waals surface area contributed by atoms with Crippen LogP contribution < -0.4 is 0 Å². The van der Waals surface area contributed by atoms with Gasteiger partial charge in [-0.1, -0.05) is 44.6 Å². The summed E-state index contributed by atoms with van der Waals surface area (Å²) in [4.78, 5) is 57.8. The van der Waals surface area contributed by atoms with Gasteiger partial charge in [-0.3, -0.25) is 14.4 Å². The number of methoxy groups -OCH3 is 3. The Labute approximate surface area is 334 Å². The number of allylic oxidation sites excluding steroid dienone is 4. The minimum absolute atomic E-state index is 0.0211. The van der Waals surface area contributed by atoms with Crippen molar-refractivity contribution in [2.45, 2.75) is 160 Å². The topological polar surface area (TPSA) is 158 Å². The van der Waals surface area contributed by atoms with E-state index in [0.717, 1.165) is 5.57 Å². The maximum absolute atomic E-state index is 14.3. The van der Waals surface area contributed by atoms with E-state index >= 15 is 0 Å². The molecule has 1 saturated carbocycles. The molecule has 56 heavy (non-hydrogen) atoms. The molecule has 3 heterocycles. The lowest BCUT2D eigenvalue weighted by atomic mass is 9.81. The van der Waals surface area contributed by atoms with Crippen LogP contribution in [0.4, 0.5) is 0 Å². The van der Waals surface area contributed by atoms with Crippen molar-refractivity contribution in [3.05, 3.63) is 36.0 Å². The van der Waals surface area contributed by atoms with Crippen molar-refractivity contribution in [2.75, 3.05) is 27.9 Å². The molecule has 2 bridgehead atoms. The van der Waals surface area contributed by atoms with Gasteiger partial charge in [-0.05, 0) is 101 Å². The highest BCUT2D eigenvalue weighted by Crippen LogP contribution is 2.35. The van der Waals surface area contributed by atoms with Crippen molar-refractivity contribution in [1.82, 2.24) is 4.90 Å². The molecule has 3 aliphatic heterocycles. The molecule has 0 spiro atoms. The molecule has 12 nitrogen and oxygen atoms in total. The summed E-state index contributed by atoms with van der Waals surface area (Å²) in [6.07, 6.45) is 5.60. The lowest BCUT2D eigenvalue weighted by Crippen LogP contribution is -2.58. The summed E-state index contributed by atoms with van der Waals surface area (Å²) in [5.41, 5.74) is 1.70. The van der Waals surface area contributed by atoms with Gasteiger partial charge in [0.05, 0.1) is 30.5 Å². The van der Waals surface area contributed by atoms with Crippen molar-refractivity contribution in [3.63, 3.8) is 0 Å². The first-order valence-corrected chi connectivity index (χ1v) is 20.8. The van der Waals surface area contributed by atoms with Crippen molar-refractivity contribution >= 4 is 23.4 Å². The van der Waals surface area contributed by atoms with Gasteiger partial charge in [-0.15, -0.1) is 6.58 Å². The van der Waals surface area contributed by atoms with E-state index in [0.29, 0.717) is 69.8 Å². The van der Waals surface area contributed by atoms with Crippen LogP contribution in [-0.4, -0.2) is 121 Å². The van der Waals surface area contributed by atoms with Crippen molar-refractivity contribution < 1.29 is 53.1 Å². The number of amides is 1. The van der Waals surface area contributed by atoms with Crippen molar-refractivity contribution in [1.29, 1.82) is 0 Å². The number of rotatable bonds is 7. The van der Waals surface area contributed by atoms with Gasteiger partial charge in [0.2, 0.25) is 5.78 Å². The Balaban J connectivity index is 1.75. The van der Waals surface area contributed by atoms with Crippen LogP contribution in [0.15, 0.2) is 36.0 Å². The summed E-state index contributed by atoms with van der Waals surface area (Å²) in [5, 5.41) is 22.1. The molecule has 12 heteroatoms. The second kappa shape index (κ2) is 21.3. The highest BCUT2D eigenvalue weighted by Gasteiger charge is 2.48. The second-order valence-electron chi connectivity index (χ2n) is 17.1. The summed E-state index contributed by atoms with van der Waals surface area (Å²) in [6, 6.07) is -1.02. The maximum Gasteiger partial charge on any atom is 0.329 e. The molecule has 316 valence electrons. The zero-order valence-electron chi connectivity index (χ0n) is 35.0. The number of hydrogen-bond acceptors (Lipinski definition) is 11. The Morgan fingerprint density at radius 1 is 0.911 bits per heavy atom. The molecule has 2 saturated heterocycles. The van der Waals surface area contributed by atoms with Crippen molar-refractivity contribution in [2.24, 2.45) is 29.6 Å². The highest BCUT2D eigenvalue weighted by molar-refractivity contribution is 6.38. The van der Waals surface area contributed by atoms with Crippen LogP contribution in [0.5, 0.6) is 0 Å². The average molecular weight is 788 g/mol. The number of aliphatic hydroxyl groups excluding tert-OH is 2. The maximum atomic E-state index is 14.3. The first kappa shape index (κ1) is 46.0. The highest BCUT2D eigenvalue weighted by atomic mass is 16.6. The first-order valence-electron chi connectivity index (χ1n) is 20.8. The van der Waals surface area contributed by atoms with E-state index in [1.807, 2.05) is 32.9 Å². The lowest BCUT2D eigenvalue weighted by Gasteiger charge is -2.43. The largest absolute Gasteiger partial charge is 0.456 e. The zero-order chi connectivity index (χ0) is 41.3. The van der Waals surface area contributed by atoms with Gasteiger partial charge < -0.3 is 38.8 Å².